The van der Waals surface area contributed by atoms with Crippen molar-refractivity contribution in [3.63, 3.8) is 0 Å². The van der Waals surface area contributed by atoms with Gasteiger partial charge in [-0.15, -0.1) is 0 Å². The van der Waals surface area contributed by atoms with Gasteiger partial charge in [0.2, 0.25) is 0 Å². The van der Waals surface area contributed by atoms with Gasteiger partial charge in [0, 0.05) is 17.0 Å². The van der Waals surface area contributed by atoms with Gasteiger partial charge in [0.25, 0.3) is 0 Å². The van der Waals surface area contributed by atoms with E-state index >= 15 is 0 Å². The predicted molar refractivity (Wildman–Crippen MR) is 79.9 cm³/mol. The van der Waals surface area contributed by atoms with E-state index < -0.39 is 5.92 Å². The Hall–Kier alpha value is -2.11. The molecule has 0 aliphatic rings. The number of hydrogen-bond donors (Lipinski definition) is 0. The van der Waals surface area contributed by atoms with Gasteiger partial charge in [0.15, 0.2) is 5.78 Å². The number of benzene rings is 2. The number of hydrogen-bond acceptors (Lipinski definition) is 2. The summed E-state index contributed by atoms with van der Waals surface area (Å²) in [5.74, 6) is -0.514. The molecule has 0 saturated heterocycles. The summed E-state index contributed by atoms with van der Waals surface area (Å²) in [5.41, 5.74) is 2.33. The number of Topliss-reactive ketones (excluding diaryl/α,β-unsaturated/α-hetero) is 1. The summed E-state index contributed by atoms with van der Waals surface area (Å²) in [4.78, 5) is 12.6. The van der Waals surface area contributed by atoms with Crippen LogP contribution in [0.3, 0.4) is 0 Å². The molecule has 100 valence electrons. The molecule has 2 aromatic rings. The summed E-state index contributed by atoms with van der Waals surface area (Å²) >= 11 is 6.07. The van der Waals surface area contributed by atoms with E-state index in [1.165, 1.54) is 0 Å². The Balaban J connectivity index is 2.37. The van der Waals surface area contributed by atoms with Crippen molar-refractivity contribution in [3.8, 4) is 6.07 Å². The van der Waals surface area contributed by atoms with Gasteiger partial charge >= 0.3 is 0 Å². The van der Waals surface area contributed by atoms with Gasteiger partial charge in [-0.2, -0.15) is 5.26 Å². The van der Waals surface area contributed by atoms with E-state index in [1.54, 1.807) is 12.1 Å². The third-order valence-corrected chi connectivity index (χ3v) is 3.68. The molecule has 0 saturated carbocycles. The minimum absolute atomic E-state index is 0.0698. The van der Waals surface area contributed by atoms with Gasteiger partial charge in [0.05, 0.1) is 12.0 Å². The van der Waals surface area contributed by atoms with Crippen LogP contribution in [-0.4, -0.2) is 5.78 Å². The smallest absolute Gasteiger partial charge is 0.171 e. The second-order valence-electron chi connectivity index (χ2n) is 4.65. The molecule has 0 fully saturated rings. The Bertz CT molecular complexity index is 658. The average Bonchev–Trinajstić information content (AvgIpc) is 2.48. The number of carbonyl (C=O) groups is 1. The minimum atomic E-state index is -0.444. The molecule has 0 spiro atoms. The van der Waals surface area contributed by atoms with E-state index in [0.29, 0.717) is 10.6 Å². The molecule has 0 amide bonds. The fraction of sp³-hybridized carbons (Fsp3) is 0.176. The summed E-state index contributed by atoms with van der Waals surface area (Å²) < 4.78 is 0. The van der Waals surface area contributed by atoms with Crippen LogP contribution in [0.4, 0.5) is 0 Å². The van der Waals surface area contributed by atoms with Crippen LogP contribution < -0.4 is 0 Å². The molecule has 0 aliphatic heterocycles. The van der Waals surface area contributed by atoms with Gasteiger partial charge in [-0.25, -0.2) is 0 Å². The number of nitrogens with zero attached hydrogens (tertiary/aromatic N) is 1. The lowest BCUT2D eigenvalue weighted by atomic mass is 9.88. The SMILES string of the molecule is Cc1ccc(C(=O)C(CC#N)c2ccccc2)cc1Cl. The molecule has 0 aliphatic carbocycles. The fourth-order valence-electron chi connectivity index (χ4n) is 2.09. The van der Waals surface area contributed by atoms with Crippen molar-refractivity contribution < 1.29 is 4.79 Å². The quantitative estimate of drug-likeness (QED) is 0.774. The van der Waals surface area contributed by atoms with Crippen LogP contribution in [0.25, 0.3) is 0 Å². The summed E-state index contributed by atoms with van der Waals surface area (Å²) in [6, 6.07) is 16.7. The van der Waals surface area contributed by atoms with Crippen molar-refractivity contribution in [2.24, 2.45) is 0 Å². The van der Waals surface area contributed by atoms with Crippen LogP contribution in [0.2, 0.25) is 5.02 Å². The maximum absolute atomic E-state index is 12.6. The highest BCUT2D eigenvalue weighted by molar-refractivity contribution is 6.31. The predicted octanol–water partition coefficient (Wildman–Crippen LogP) is 4.53. The Labute approximate surface area is 123 Å². The van der Waals surface area contributed by atoms with Crippen LogP contribution in [0.5, 0.6) is 0 Å². The van der Waals surface area contributed by atoms with Gasteiger partial charge in [-0.1, -0.05) is 54.1 Å². The zero-order chi connectivity index (χ0) is 14.5. The topological polar surface area (TPSA) is 40.9 Å². The Morgan fingerprint density at radius 1 is 1.25 bits per heavy atom. The Kier molecular flexibility index (Phi) is 4.55. The molecule has 0 heterocycles. The standard InChI is InChI=1S/C17H14ClNO/c1-12-7-8-14(11-16(12)18)17(20)15(9-10-19)13-5-3-2-4-6-13/h2-8,11,15H,9H2,1H3. The molecular formula is C17H14ClNO. The Morgan fingerprint density at radius 2 is 1.95 bits per heavy atom. The van der Waals surface area contributed by atoms with Crippen molar-refractivity contribution in [2.45, 2.75) is 19.3 Å². The lowest BCUT2D eigenvalue weighted by molar-refractivity contribution is 0.0960. The van der Waals surface area contributed by atoms with Crippen molar-refractivity contribution in [1.82, 2.24) is 0 Å². The number of nitriles is 1. The van der Waals surface area contributed by atoms with Gasteiger partial charge in [-0.05, 0) is 24.1 Å². The number of rotatable bonds is 4. The first-order chi connectivity index (χ1) is 9.63. The highest BCUT2D eigenvalue weighted by Crippen LogP contribution is 2.26. The molecule has 0 aromatic heterocycles. The molecule has 1 atom stereocenters. The lowest BCUT2D eigenvalue weighted by Crippen LogP contribution is -2.12. The number of carbonyl (C=O) groups excluding carboxylic acids is 1. The zero-order valence-electron chi connectivity index (χ0n) is 11.1. The highest BCUT2D eigenvalue weighted by Gasteiger charge is 2.22. The van der Waals surface area contributed by atoms with E-state index in [1.807, 2.05) is 43.3 Å². The second kappa shape index (κ2) is 6.36. The first-order valence-corrected chi connectivity index (χ1v) is 6.73. The van der Waals surface area contributed by atoms with Crippen molar-refractivity contribution in [1.29, 1.82) is 5.26 Å². The van der Waals surface area contributed by atoms with E-state index in [4.69, 9.17) is 16.9 Å². The molecule has 2 nitrogen and oxygen atoms in total. The van der Waals surface area contributed by atoms with Crippen LogP contribution >= 0.6 is 11.6 Å². The largest absolute Gasteiger partial charge is 0.293 e. The summed E-state index contributed by atoms with van der Waals surface area (Å²) in [6.45, 7) is 1.89. The highest BCUT2D eigenvalue weighted by atomic mass is 35.5. The maximum Gasteiger partial charge on any atom is 0.171 e. The van der Waals surface area contributed by atoms with Crippen molar-refractivity contribution in [2.75, 3.05) is 0 Å². The van der Waals surface area contributed by atoms with Gasteiger partial charge in [0.1, 0.15) is 0 Å². The molecule has 3 heteroatoms. The zero-order valence-corrected chi connectivity index (χ0v) is 11.9. The van der Waals surface area contributed by atoms with E-state index in [-0.39, 0.29) is 12.2 Å². The summed E-state index contributed by atoms with van der Waals surface area (Å²) in [7, 11) is 0. The van der Waals surface area contributed by atoms with E-state index in [0.717, 1.165) is 11.1 Å². The van der Waals surface area contributed by atoms with Gasteiger partial charge < -0.3 is 0 Å². The molecule has 1 unspecified atom stereocenters. The Morgan fingerprint density at radius 3 is 2.55 bits per heavy atom. The van der Waals surface area contributed by atoms with Crippen LogP contribution in [0.15, 0.2) is 48.5 Å². The number of aryl methyl sites for hydroxylation is 1. The van der Waals surface area contributed by atoms with Crippen molar-refractivity contribution >= 4 is 17.4 Å². The molecule has 0 bridgehead atoms. The second-order valence-corrected chi connectivity index (χ2v) is 5.06. The van der Waals surface area contributed by atoms with Crippen LogP contribution in [0.1, 0.15) is 33.8 Å². The molecule has 20 heavy (non-hydrogen) atoms. The number of ketones is 1. The van der Waals surface area contributed by atoms with Crippen LogP contribution in [0, 0.1) is 18.3 Å². The van der Waals surface area contributed by atoms with E-state index in [2.05, 4.69) is 6.07 Å². The molecular weight excluding hydrogens is 270 g/mol. The monoisotopic (exact) mass is 283 g/mol. The third kappa shape index (κ3) is 3.07. The van der Waals surface area contributed by atoms with Crippen molar-refractivity contribution in [3.05, 3.63) is 70.2 Å². The van der Waals surface area contributed by atoms with E-state index in [9.17, 15) is 4.79 Å². The van der Waals surface area contributed by atoms with Crippen LogP contribution in [-0.2, 0) is 0 Å². The first-order valence-electron chi connectivity index (χ1n) is 6.35. The average molecular weight is 284 g/mol. The summed E-state index contributed by atoms with van der Waals surface area (Å²) in [6.07, 6.45) is 0.161. The maximum atomic E-state index is 12.6. The molecule has 0 radical (unpaired) electrons. The minimum Gasteiger partial charge on any atom is -0.293 e. The third-order valence-electron chi connectivity index (χ3n) is 3.27. The first kappa shape index (κ1) is 14.3. The molecule has 2 rings (SSSR count). The molecule has 0 N–H and O–H groups in total. The lowest BCUT2D eigenvalue weighted by Gasteiger charge is -2.13. The summed E-state index contributed by atoms with van der Waals surface area (Å²) in [5, 5.41) is 9.53. The normalized spacial score (nSPS) is 11.7. The van der Waals surface area contributed by atoms with Gasteiger partial charge in [-0.3, -0.25) is 4.79 Å². The number of halogens is 1. The molecule has 2 aromatic carbocycles. The fourth-order valence-corrected chi connectivity index (χ4v) is 2.27.